The highest BCUT2D eigenvalue weighted by Crippen LogP contribution is 2.17. The van der Waals surface area contributed by atoms with Gasteiger partial charge in [-0.1, -0.05) is 38.1 Å². The SMILES string of the molecule is CCc1ccc(C(CC)NCC(O)CN(C)C)cc1. The van der Waals surface area contributed by atoms with Crippen molar-refractivity contribution in [2.24, 2.45) is 0 Å². The number of nitrogens with one attached hydrogen (secondary N) is 1. The van der Waals surface area contributed by atoms with Crippen molar-refractivity contribution < 1.29 is 5.11 Å². The summed E-state index contributed by atoms with van der Waals surface area (Å²) in [5.74, 6) is 0. The highest BCUT2D eigenvalue weighted by Gasteiger charge is 2.11. The Morgan fingerprint density at radius 3 is 2.26 bits per heavy atom. The molecule has 0 radical (unpaired) electrons. The predicted octanol–water partition coefficient (Wildman–Crippen LogP) is 2.21. The molecule has 0 saturated carbocycles. The van der Waals surface area contributed by atoms with E-state index in [9.17, 15) is 5.11 Å². The Balaban J connectivity index is 2.52. The quantitative estimate of drug-likeness (QED) is 0.755. The fraction of sp³-hybridized carbons (Fsp3) is 0.625. The van der Waals surface area contributed by atoms with Crippen LogP contribution in [0.1, 0.15) is 37.4 Å². The topological polar surface area (TPSA) is 35.5 Å². The Hall–Kier alpha value is -0.900. The Bertz CT molecular complexity index is 348. The second-order valence-corrected chi connectivity index (χ2v) is 5.38. The van der Waals surface area contributed by atoms with Gasteiger partial charge in [0.05, 0.1) is 6.10 Å². The van der Waals surface area contributed by atoms with E-state index in [0.29, 0.717) is 19.1 Å². The third-order valence-corrected chi connectivity index (χ3v) is 3.37. The first-order valence-electron chi connectivity index (χ1n) is 7.21. The largest absolute Gasteiger partial charge is 0.390 e. The van der Waals surface area contributed by atoms with Gasteiger partial charge in [0.15, 0.2) is 0 Å². The molecule has 1 aromatic rings. The normalized spacial score (nSPS) is 14.6. The standard InChI is InChI=1S/C16H28N2O/c1-5-13-7-9-14(10-8-13)16(6-2)17-11-15(19)12-18(3)4/h7-10,15-17,19H,5-6,11-12H2,1-4H3. The fourth-order valence-corrected chi connectivity index (χ4v) is 2.25. The van der Waals surface area contributed by atoms with Crippen LogP contribution in [0.15, 0.2) is 24.3 Å². The summed E-state index contributed by atoms with van der Waals surface area (Å²) in [6.07, 6.45) is 1.78. The van der Waals surface area contributed by atoms with E-state index in [1.54, 1.807) is 0 Å². The number of hydrogen-bond acceptors (Lipinski definition) is 3. The number of aryl methyl sites for hydroxylation is 1. The summed E-state index contributed by atoms with van der Waals surface area (Å²) >= 11 is 0. The highest BCUT2D eigenvalue weighted by atomic mass is 16.3. The van der Waals surface area contributed by atoms with E-state index >= 15 is 0 Å². The van der Waals surface area contributed by atoms with E-state index in [2.05, 4.69) is 43.4 Å². The molecule has 3 nitrogen and oxygen atoms in total. The molecule has 1 aromatic carbocycles. The molecule has 0 aliphatic rings. The Labute approximate surface area is 117 Å². The first-order chi connectivity index (χ1) is 9.06. The van der Waals surface area contributed by atoms with Gasteiger partial charge in [0.1, 0.15) is 0 Å². The van der Waals surface area contributed by atoms with Crippen molar-refractivity contribution in [2.75, 3.05) is 27.2 Å². The van der Waals surface area contributed by atoms with Crippen LogP contribution >= 0.6 is 0 Å². The third-order valence-electron chi connectivity index (χ3n) is 3.37. The number of nitrogens with zero attached hydrogens (tertiary/aromatic N) is 1. The van der Waals surface area contributed by atoms with Crippen molar-refractivity contribution >= 4 is 0 Å². The zero-order valence-electron chi connectivity index (χ0n) is 12.7. The average molecular weight is 264 g/mol. The van der Waals surface area contributed by atoms with Crippen LogP contribution in [-0.2, 0) is 6.42 Å². The number of aliphatic hydroxyl groups excluding tert-OH is 1. The summed E-state index contributed by atoms with van der Waals surface area (Å²) in [6, 6.07) is 9.09. The molecule has 2 atom stereocenters. The summed E-state index contributed by atoms with van der Waals surface area (Å²) in [6.45, 7) is 5.66. The Morgan fingerprint density at radius 2 is 1.79 bits per heavy atom. The van der Waals surface area contributed by atoms with Crippen molar-refractivity contribution in [3.05, 3.63) is 35.4 Å². The van der Waals surface area contributed by atoms with Crippen molar-refractivity contribution in [1.82, 2.24) is 10.2 Å². The van der Waals surface area contributed by atoms with Gasteiger partial charge in [-0.2, -0.15) is 0 Å². The third kappa shape index (κ3) is 5.72. The molecule has 108 valence electrons. The van der Waals surface area contributed by atoms with E-state index in [0.717, 1.165) is 12.8 Å². The molecule has 0 spiro atoms. The smallest absolute Gasteiger partial charge is 0.0791 e. The molecule has 0 bridgehead atoms. The number of hydrogen-bond donors (Lipinski definition) is 2. The maximum atomic E-state index is 9.89. The molecule has 19 heavy (non-hydrogen) atoms. The molecular weight excluding hydrogens is 236 g/mol. The average Bonchev–Trinajstić information content (AvgIpc) is 2.39. The van der Waals surface area contributed by atoms with E-state index in [4.69, 9.17) is 0 Å². The molecule has 0 fully saturated rings. The minimum Gasteiger partial charge on any atom is -0.390 e. The second-order valence-electron chi connectivity index (χ2n) is 5.38. The van der Waals surface area contributed by atoms with Gasteiger partial charge in [0.2, 0.25) is 0 Å². The molecule has 0 aromatic heterocycles. The summed E-state index contributed by atoms with van der Waals surface area (Å²) < 4.78 is 0. The van der Waals surface area contributed by atoms with Gasteiger partial charge in [-0.25, -0.2) is 0 Å². The van der Waals surface area contributed by atoms with Crippen LogP contribution in [0.25, 0.3) is 0 Å². The molecule has 2 unspecified atom stereocenters. The zero-order valence-corrected chi connectivity index (χ0v) is 12.7. The summed E-state index contributed by atoms with van der Waals surface area (Å²) in [5, 5.41) is 13.3. The molecule has 0 aliphatic heterocycles. The molecule has 3 heteroatoms. The van der Waals surface area contributed by atoms with Gasteiger partial charge in [0, 0.05) is 19.1 Å². The maximum Gasteiger partial charge on any atom is 0.0791 e. The lowest BCUT2D eigenvalue weighted by Crippen LogP contribution is -2.36. The number of likely N-dealkylation sites (N-methyl/N-ethyl adjacent to an activating group) is 1. The number of benzene rings is 1. The minimum atomic E-state index is -0.320. The summed E-state index contributed by atoms with van der Waals surface area (Å²) in [7, 11) is 3.95. The summed E-state index contributed by atoms with van der Waals surface area (Å²) in [5.41, 5.74) is 2.67. The molecule has 0 aliphatic carbocycles. The lowest BCUT2D eigenvalue weighted by atomic mass is 10.0. The first-order valence-corrected chi connectivity index (χ1v) is 7.21. The van der Waals surface area contributed by atoms with Gasteiger partial charge in [-0.3, -0.25) is 0 Å². The minimum absolute atomic E-state index is 0.320. The fourth-order valence-electron chi connectivity index (χ4n) is 2.25. The molecule has 0 heterocycles. The second kappa shape index (κ2) is 8.31. The van der Waals surface area contributed by atoms with Gasteiger partial charge < -0.3 is 15.3 Å². The Kier molecular flexibility index (Phi) is 7.06. The molecule has 1 rings (SSSR count). The van der Waals surface area contributed by atoms with Crippen LogP contribution in [0.2, 0.25) is 0 Å². The van der Waals surface area contributed by atoms with E-state index in [1.165, 1.54) is 11.1 Å². The monoisotopic (exact) mass is 264 g/mol. The molecular formula is C16H28N2O. The van der Waals surface area contributed by atoms with Crippen molar-refractivity contribution in [3.8, 4) is 0 Å². The molecule has 0 saturated heterocycles. The zero-order chi connectivity index (χ0) is 14.3. The van der Waals surface area contributed by atoms with Crippen LogP contribution in [0, 0.1) is 0 Å². The summed E-state index contributed by atoms with van der Waals surface area (Å²) in [4.78, 5) is 2.00. The van der Waals surface area contributed by atoms with Crippen LogP contribution in [0.5, 0.6) is 0 Å². The van der Waals surface area contributed by atoms with E-state index < -0.39 is 0 Å². The van der Waals surface area contributed by atoms with Crippen molar-refractivity contribution in [1.29, 1.82) is 0 Å². The van der Waals surface area contributed by atoms with Gasteiger partial charge in [0.25, 0.3) is 0 Å². The van der Waals surface area contributed by atoms with E-state index in [1.807, 2.05) is 19.0 Å². The maximum absolute atomic E-state index is 9.89. The predicted molar refractivity (Wildman–Crippen MR) is 81.4 cm³/mol. The van der Waals surface area contributed by atoms with Gasteiger partial charge in [-0.05, 0) is 38.1 Å². The van der Waals surface area contributed by atoms with Gasteiger partial charge in [-0.15, -0.1) is 0 Å². The molecule has 0 amide bonds. The number of aliphatic hydroxyl groups is 1. The lowest BCUT2D eigenvalue weighted by Gasteiger charge is -2.22. The van der Waals surface area contributed by atoms with Crippen LogP contribution in [0.3, 0.4) is 0 Å². The lowest BCUT2D eigenvalue weighted by molar-refractivity contribution is 0.131. The Morgan fingerprint density at radius 1 is 1.16 bits per heavy atom. The van der Waals surface area contributed by atoms with Gasteiger partial charge >= 0.3 is 0 Å². The van der Waals surface area contributed by atoms with Crippen molar-refractivity contribution in [2.45, 2.75) is 38.8 Å². The van der Waals surface area contributed by atoms with Crippen LogP contribution < -0.4 is 5.32 Å². The van der Waals surface area contributed by atoms with Crippen molar-refractivity contribution in [3.63, 3.8) is 0 Å². The highest BCUT2D eigenvalue weighted by molar-refractivity contribution is 5.25. The van der Waals surface area contributed by atoms with Crippen LogP contribution in [0.4, 0.5) is 0 Å². The van der Waals surface area contributed by atoms with Crippen LogP contribution in [-0.4, -0.2) is 43.3 Å². The molecule has 2 N–H and O–H groups in total. The number of rotatable bonds is 8. The first kappa shape index (κ1) is 16.2. The van der Waals surface area contributed by atoms with E-state index in [-0.39, 0.29) is 6.10 Å².